The Morgan fingerprint density at radius 2 is 1.07 bits per heavy atom. The summed E-state index contributed by atoms with van der Waals surface area (Å²) in [5, 5.41) is 14.1. The first-order valence-corrected chi connectivity index (χ1v) is 13.8. The highest BCUT2D eigenvalue weighted by Crippen LogP contribution is 2.47. The van der Waals surface area contributed by atoms with Gasteiger partial charge in [-0.1, -0.05) is 137 Å². The lowest BCUT2D eigenvalue weighted by molar-refractivity contribution is -0.0597. The van der Waals surface area contributed by atoms with Crippen molar-refractivity contribution in [2.24, 2.45) is 0 Å². The fourth-order valence-electron chi connectivity index (χ4n) is 5.95. The standard InChI is InChI=1S/C36H35N3O/c1-35(2,27-15-7-5-8-16-27)30-20-12-11-19-29(30)26-23-24-32-34(25-26)38(39(40)37-32)33-22-14-13-21-31(33)36(3,4)28-17-9-6-10-18-28/h5-25,37,40H,1-4H3. The predicted octanol–water partition coefficient (Wildman–Crippen LogP) is 9.09. The summed E-state index contributed by atoms with van der Waals surface area (Å²) in [6.45, 7) is 9.01. The summed E-state index contributed by atoms with van der Waals surface area (Å²) in [5.74, 6) is 0. The van der Waals surface area contributed by atoms with Gasteiger partial charge in [0, 0.05) is 16.1 Å². The third-order valence-electron chi connectivity index (χ3n) is 8.34. The number of fused-ring (bicyclic) bond motifs is 1. The zero-order valence-electron chi connectivity index (χ0n) is 23.5. The van der Waals surface area contributed by atoms with E-state index in [-0.39, 0.29) is 10.8 Å². The third kappa shape index (κ3) is 4.36. The van der Waals surface area contributed by atoms with Gasteiger partial charge in [0.1, 0.15) is 0 Å². The molecule has 4 heteroatoms. The summed E-state index contributed by atoms with van der Waals surface area (Å²) in [4.78, 5) is 0. The van der Waals surface area contributed by atoms with Gasteiger partial charge in [-0.25, -0.2) is 5.01 Å². The summed E-state index contributed by atoms with van der Waals surface area (Å²) in [6, 6.07) is 44.4. The second kappa shape index (κ2) is 9.98. The van der Waals surface area contributed by atoms with Crippen LogP contribution < -0.4 is 10.4 Å². The van der Waals surface area contributed by atoms with Crippen molar-refractivity contribution in [2.45, 2.75) is 38.5 Å². The largest absolute Gasteiger partial charge is 0.276 e. The van der Waals surface area contributed by atoms with E-state index >= 15 is 0 Å². The first-order chi connectivity index (χ1) is 19.3. The topological polar surface area (TPSA) is 38.7 Å². The molecule has 0 fully saturated rings. The van der Waals surface area contributed by atoms with Crippen LogP contribution in [0.25, 0.3) is 11.1 Å². The first kappa shape index (κ1) is 25.9. The molecule has 0 saturated heterocycles. The lowest BCUT2D eigenvalue weighted by Crippen LogP contribution is -2.36. The molecule has 4 nitrogen and oxygen atoms in total. The van der Waals surface area contributed by atoms with Crippen LogP contribution in [0.3, 0.4) is 0 Å². The van der Waals surface area contributed by atoms with Gasteiger partial charge >= 0.3 is 0 Å². The fraction of sp³-hybridized carbons (Fsp3) is 0.167. The molecule has 200 valence electrons. The van der Waals surface area contributed by atoms with Gasteiger partial charge in [-0.3, -0.25) is 10.6 Å². The van der Waals surface area contributed by atoms with Crippen LogP contribution in [0.5, 0.6) is 0 Å². The van der Waals surface area contributed by atoms with E-state index in [4.69, 9.17) is 0 Å². The van der Waals surface area contributed by atoms with Crippen molar-refractivity contribution in [3.63, 3.8) is 0 Å². The maximum absolute atomic E-state index is 11.2. The Morgan fingerprint density at radius 1 is 0.550 bits per heavy atom. The summed E-state index contributed by atoms with van der Waals surface area (Å²) in [5.41, 5.74) is 12.4. The van der Waals surface area contributed by atoms with E-state index in [9.17, 15) is 5.21 Å². The van der Waals surface area contributed by atoms with Crippen LogP contribution in [0.2, 0.25) is 0 Å². The van der Waals surface area contributed by atoms with Gasteiger partial charge in [-0.15, -0.1) is 0 Å². The van der Waals surface area contributed by atoms with Crippen molar-refractivity contribution in [1.29, 1.82) is 0 Å². The van der Waals surface area contributed by atoms with E-state index in [2.05, 4.69) is 142 Å². The quantitative estimate of drug-likeness (QED) is 0.232. The predicted molar refractivity (Wildman–Crippen MR) is 165 cm³/mol. The Kier molecular flexibility index (Phi) is 6.46. The smallest absolute Gasteiger partial charge is 0.0874 e. The van der Waals surface area contributed by atoms with E-state index in [0.717, 1.165) is 33.5 Å². The molecule has 5 aromatic carbocycles. The average Bonchev–Trinajstić information content (AvgIpc) is 3.32. The van der Waals surface area contributed by atoms with Crippen molar-refractivity contribution in [3.05, 3.63) is 150 Å². The summed E-state index contributed by atoms with van der Waals surface area (Å²) >= 11 is 0. The van der Waals surface area contributed by atoms with Gasteiger partial charge in [-0.2, -0.15) is 0 Å². The van der Waals surface area contributed by atoms with Crippen molar-refractivity contribution in [3.8, 4) is 11.1 Å². The SMILES string of the molecule is CC(C)(c1ccccc1)c1ccccc1-c1ccc2c(c1)N(c1ccccc1C(C)(C)c1ccccc1)N(O)N2. The van der Waals surface area contributed by atoms with Crippen LogP contribution in [0.15, 0.2) is 127 Å². The van der Waals surface area contributed by atoms with Crippen LogP contribution in [-0.4, -0.2) is 10.5 Å². The second-order valence-corrected chi connectivity index (χ2v) is 11.5. The lowest BCUT2D eigenvalue weighted by atomic mass is 9.75. The number of nitrogens with zero attached hydrogens (tertiary/aromatic N) is 2. The van der Waals surface area contributed by atoms with Crippen molar-refractivity contribution in [1.82, 2.24) is 5.28 Å². The number of hydrogen-bond acceptors (Lipinski definition) is 4. The van der Waals surface area contributed by atoms with Crippen molar-refractivity contribution < 1.29 is 5.21 Å². The molecule has 0 atom stereocenters. The molecule has 2 N–H and O–H groups in total. The zero-order valence-corrected chi connectivity index (χ0v) is 23.5. The molecule has 1 aliphatic heterocycles. The molecule has 0 bridgehead atoms. The maximum Gasteiger partial charge on any atom is 0.0874 e. The molecule has 0 saturated carbocycles. The van der Waals surface area contributed by atoms with Crippen LogP contribution in [-0.2, 0) is 10.8 Å². The van der Waals surface area contributed by atoms with E-state index in [0.29, 0.717) is 0 Å². The molecule has 0 aromatic heterocycles. The van der Waals surface area contributed by atoms with E-state index in [1.54, 1.807) is 0 Å². The lowest BCUT2D eigenvalue weighted by Gasteiger charge is -2.33. The Bertz CT molecular complexity index is 1640. The van der Waals surface area contributed by atoms with Gasteiger partial charge in [0.15, 0.2) is 0 Å². The summed E-state index contributed by atoms with van der Waals surface area (Å²) < 4.78 is 0. The molecular formula is C36H35N3O. The molecule has 0 radical (unpaired) electrons. The highest BCUT2D eigenvalue weighted by Gasteiger charge is 2.34. The van der Waals surface area contributed by atoms with Gasteiger partial charge in [0.25, 0.3) is 0 Å². The number of hydrogen-bond donors (Lipinski definition) is 2. The van der Waals surface area contributed by atoms with E-state index < -0.39 is 0 Å². The van der Waals surface area contributed by atoms with Crippen LogP contribution in [0, 0.1) is 0 Å². The second-order valence-electron chi connectivity index (χ2n) is 11.5. The minimum Gasteiger partial charge on any atom is -0.276 e. The number of hydrazine groups is 2. The minimum absolute atomic E-state index is 0.190. The maximum atomic E-state index is 11.2. The average molecular weight is 526 g/mol. The molecule has 0 aliphatic carbocycles. The van der Waals surface area contributed by atoms with Crippen molar-refractivity contribution in [2.75, 3.05) is 10.4 Å². The normalized spacial score (nSPS) is 13.7. The molecule has 1 heterocycles. The number of rotatable bonds is 6. The monoisotopic (exact) mass is 525 g/mol. The van der Waals surface area contributed by atoms with Gasteiger partial charge in [0.05, 0.1) is 17.1 Å². The Balaban J connectivity index is 1.46. The van der Waals surface area contributed by atoms with E-state index in [1.165, 1.54) is 22.3 Å². The number of nitrogens with one attached hydrogen (secondary N) is 1. The zero-order chi connectivity index (χ0) is 27.9. The molecule has 0 amide bonds. The summed E-state index contributed by atoms with van der Waals surface area (Å²) in [7, 11) is 0. The number of para-hydroxylation sites is 1. The van der Waals surface area contributed by atoms with Crippen molar-refractivity contribution >= 4 is 17.1 Å². The highest BCUT2D eigenvalue weighted by molar-refractivity contribution is 5.86. The number of benzene rings is 5. The molecule has 6 rings (SSSR count). The number of anilines is 3. The molecule has 0 spiro atoms. The van der Waals surface area contributed by atoms with Gasteiger partial charge in [0.2, 0.25) is 0 Å². The van der Waals surface area contributed by atoms with Crippen LogP contribution in [0.4, 0.5) is 17.1 Å². The molecule has 0 unspecified atom stereocenters. The summed E-state index contributed by atoms with van der Waals surface area (Å²) in [6.07, 6.45) is 0. The fourth-order valence-corrected chi connectivity index (χ4v) is 5.95. The molecule has 1 aliphatic rings. The minimum atomic E-state index is -0.286. The van der Waals surface area contributed by atoms with Gasteiger partial charge < -0.3 is 0 Å². The third-order valence-corrected chi connectivity index (χ3v) is 8.34. The van der Waals surface area contributed by atoms with Gasteiger partial charge in [-0.05, 0) is 51.6 Å². The molecule has 40 heavy (non-hydrogen) atoms. The Labute approximate surface area is 237 Å². The first-order valence-electron chi connectivity index (χ1n) is 13.8. The molecular weight excluding hydrogens is 490 g/mol. The van der Waals surface area contributed by atoms with Crippen LogP contribution in [0.1, 0.15) is 49.9 Å². The Hall–Kier alpha value is -4.38. The molecule has 5 aromatic rings. The Morgan fingerprint density at radius 3 is 1.73 bits per heavy atom. The van der Waals surface area contributed by atoms with E-state index in [1.807, 2.05) is 23.2 Å². The van der Waals surface area contributed by atoms with Crippen LogP contribution >= 0.6 is 0 Å². The highest BCUT2D eigenvalue weighted by atomic mass is 16.6.